The third-order valence-electron chi connectivity index (χ3n) is 5.40. The van der Waals surface area contributed by atoms with E-state index in [9.17, 15) is 9.59 Å². The number of carbonyl (C=O) groups excluding carboxylic acids is 2. The van der Waals surface area contributed by atoms with Crippen molar-refractivity contribution in [2.75, 3.05) is 11.5 Å². The first-order valence-electron chi connectivity index (χ1n) is 10.9. The van der Waals surface area contributed by atoms with Gasteiger partial charge in [-0.05, 0) is 67.4 Å². The smallest absolute Gasteiger partial charge is 0.340 e. The Hall–Kier alpha value is -3.64. The van der Waals surface area contributed by atoms with Crippen LogP contribution < -0.4 is 9.64 Å². The molecule has 0 bridgehead atoms. The molecule has 0 saturated carbocycles. The van der Waals surface area contributed by atoms with Crippen molar-refractivity contribution < 1.29 is 19.1 Å². The van der Waals surface area contributed by atoms with Crippen LogP contribution in [0, 0.1) is 0 Å². The summed E-state index contributed by atoms with van der Waals surface area (Å²) >= 11 is 3.41. The van der Waals surface area contributed by atoms with Gasteiger partial charge in [-0.1, -0.05) is 58.4 Å². The number of benzene rings is 3. The summed E-state index contributed by atoms with van der Waals surface area (Å²) in [5, 5.41) is 0. The largest absolute Gasteiger partial charge is 0.489 e. The SMILES string of the molecule is CCOC(=O)C1=C(C)N(c2ccc(Br)cc2)C(=O)/C1=C\c1ccc(OCc2ccccc2)cc1. The minimum absolute atomic E-state index is 0.225. The van der Waals surface area contributed by atoms with E-state index in [0.717, 1.165) is 21.3 Å². The van der Waals surface area contributed by atoms with E-state index in [1.54, 1.807) is 24.8 Å². The molecule has 0 radical (unpaired) electrons. The zero-order valence-corrected chi connectivity index (χ0v) is 20.5. The van der Waals surface area contributed by atoms with Crippen molar-refractivity contribution in [3.05, 3.63) is 111 Å². The maximum absolute atomic E-state index is 13.4. The molecule has 0 N–H and O–H groups in total. The highest BCUT2D eigenvalue weighted by Gasteiger charge is 2.38. The van der Waals surface area contributed by atoms with Gasteiger partial charge < -0.3 is 9.47 Å². The van der Waals surface area contributed by atoms with Crippen LogP contribution in [0.5, 0.6) is 5.75 Å². The Bertz CT molecular complexity index is 1250. The second-order valence-corrected chi connectivity index (χ2v) is 8.61. The molecule has 4 rings (SSSR count). The summed E-state index contributed by atoms with van der Waals surface area (Å²) in [6.07, 6.45) is 1.72. The molecule has 3 aromatic rings. The Kier molecular flexibility index (Phi) is 7.28. The van der Waals surface area contributed by atoms with Crippen LogP contribution in [-0.4, -0.2) is 18.5 Å². The van der Waals surface area contributed by atoms with Gasteiger partial charge in [-0.2, -0.15) is 0 Å². The van der Waals surface area contributed by atoms with Gasteiger partial charge >= 0.3 is 5.97 Å². The zero-order valence-electron chi connectivity index (χ0n) is 19.0. The monoisotopic (exact) mass is 517 g/mol. The molecular formula is C28H24BrNO4. The zero-order chi connectivity index (χ0) is 24.1. The third kappa shape index (κ3) is 5.13. The minimum Gasteiger partial charge on any atom is -0.489 e. The number of allylic oxidation sites excluding steroid dienone is 1. The van der Waals surface area contributed by atoms with E-state index in [1.807, 2.05) is 78.9 Å². The van der Waals surface area contributed by atoms with Crippen molar-refractivity contribution in [2.24, 2.45) is 0 Å². The fourth-order valence-corrected chi connectivity index (χ4v) is 4.01. The number of hydrogen-bond donors (Lipinski definition) is 0. The van der Waals surface area contributed by atoms with Crippen molar-refractivity contribution in [1.29, 1.82) is 0 Å². The number of carbonyl (C=O) groups is 2. The molecule has 0 spiro atoms. The number of halogens is 1. The average molecular weight is 518 g/mol. The number of amides is 1. The average Bonchev–Trinajstić information content (AvgIpc) is 3.09. The first kappa shape index (κ1) is 23.5. The Morgan fingerprint density at radius 2 is 1.65 bits per heavy atom. The lowest BCUT2D eigenvalue weighted by molar-refractivity contribution is -0.138. The molecule has 0 aromatic heterocycles. The lowest BCUT2D eigenvalue weighted by Crippen LogP contribution is -2.24. The summed E-state index contributed by atoms with van der Waals surface area (Å²) in [7, 11) is 0. The first-order chi connectivity index (χ1) is 16.5. The Labute approximate surface area is 207 Å². The maximum atomic E-state index is 13.4. The normalized spacial score (nSPS) is 14.6. The van der Waals surface area contributed by atoms with Crippen LogP contribution in [0.2, 0.25) is 0 Å². The summed E-state index contributed by atoms with van der Waals surface area (Å²) in [6, 6.07) is 24.7. The molecule has 34 heavy (non-hydrogen) atoms. The minimum atomic E-state index is -0.512. The molecule has 1 aliphatic heterocycles. The number of rotatable bonds is 7. The van der Waals surface area contributed by atoms with Crippen LogP contribution >= 0.6 is 15.9 Å². The predicted octanol–water partition coefficient (Wildman–Crippen LogP) is 6.30. The standard InChI is InChI=1S/C28H24BrNO4/c1-3-33-28(32)26-19(2)30(23-13-11-22(29)12-14-23)27(31)25(26)17-20-9-15-24(16-10-20)34-18-21-7-5-4-6-8-21/h4-17H,3,18H2,1-2H3/b25-17-. The summed E-state index contributed by atoms with van der Waals surface area (Å²) < 4.78 is 12.0. The van der Waals surface area contributed by atoms with Crippen molar-refractivity contribution in [1.82, 2.24) is 0 Å². The quantitative estimate of drug-likeness (QED) is 0.272. The van der Waals surface area contributed by atoms with Gasteiger partial charge in [0.1, 0.15) is 12.4 Å². The Morgan fingerprint density at radius 1 is 0.971 bits per heavy atom. The van der Waals surface area contributed by atoms with Crippen LogP contribution in [0.1, 0.15) is 25.0 Å². The number of ether oxygens (including phenoxy) is 2. The van der Waals surface area contributed by atoms with Crippen molar-refractivity contribution in [3.8, 4) is 5.75 Å². The number of anilines is 1. The molecule has 1 aliphatic rings. The maximum Gasteiger partial charge on any atom is 0.340 e. The molecular weight excluding hydrogens is 494 g/mol. The van der Waals surface area contributed by atoms with Gasteiger partial charge in [-0.3, -0.25) is 9.69 Å². The molecule has 3 aromatic carbocycles. The van der Waals surface area contributed by atoms with Gasteiger partial charge in [0.2, 0.25) is 0 Å². The molecule has 0 aliphatic carbocycles. The van der Waals surface area contributed by atoms with Crippen LogP contribution in [0.3, 0.4) is 0 Å². The Balaban J connectivity index is 1.61. The summed E-state index contributed by atoms with van der Waals surface area (Å²) in [6.45, 7) is 4.20. The van der Waals surface area contributed by atoms with Gasteiger partial charge in [-0.25, -0.2) is 4.79 Å². The molecule has 0 fully saturated rings. The van der Waals surface area contributed by atoms with Crippen molar-refractivity contribution in [3.63, 3.8) is 0 Å². The lowest BCUT2D eigenvalue weighted by atomic mass is 10.0. The van der Waals surface area contributed by atoms with Crippen LogP contribution in [0.4, 0.5) is 5.69 Å². The molecule has 0 unspecified atom stereocenters. The fraction of sp³-hybridized carbons (Fsp3) is 0.143. The first-order valence-corrected chi connectivity index (χ1v) is 11.7. The van der Waals surface area contributed by atoms with E-state index in [1.165, 1.54) is 0 Å². The predicted molar refractivity (Wildman–Crippen MR) is 136 cm³/mol. The molecule has 1 amide bonds. The van der Waals surface area contributed by atoms with E-state index >= 15 is 0 Å². The van der Waals surface area contributed by atoms with Crippen molar-refractivity contribution in [2.45, 2.75) is 20.5 Å². The topological polar surface area (TPSA) is 55.8 Å². The van der Waals surface area contributed by atoms with Gasteiger partial charge in [-0.15, -0.1) is 0 Å². The lowest BCUT2D eigenvalue weighted by Gasteiger charge is -2.18. The number of esters is 1. The van der Waals surface area contributed by atoms with E-state index in [4.69, 9.17) is 9.47 Å². The molecule has 0 saturated heterocycles. The van der Waals surface area contributed by atoms with E-state index in [-0.39, 0.29) is 18.1 Å². The molecule has 0 atom stereocenters. The molecule has 5 nitrogen and oxygen atoms in total. The number of nitrogens with zero attached hydrogens (tertiary/aromatic N) is 1. The summed E-state index contributed by atoms with van der Waals surface area (Å²) in [4.78, 5) is 27.7. The second kappa shape index (κ2) is 10.5. The molecule has 6 heteroatoms. The van der Waals surface area contributed by atoms with E-state index < -0.39 is 5.97 Å². The highest BCUT2D eigenvalue weighted by molar-refractivity contribution is 9.10. The van der Waals surface area contributed by atoms with Crippen LogP contribution in [0.25, 0.3) is 6.08 Å². The molecule has 1 heterocycles. The van der Waals surface area contributed by atoms with E-state index in [2.05, 4.69) is 15.9 Å². The van der Waals surface area contributed by atoms with Crippen LogP contribution in [0.15, 0.2) is 100 Å². The van der Waals surface area contributed by atoms with Crippen molar-refractivity contribution >= 4 is 39.6 Å². The van der Waals surface area contributed by atoms with Gasteiger partial charge in [0.15, 0.2) is 0 Å². The summed E-state index contributed by atoms with van der Waals surface area (Å²) in [5.74, 6) is -0.0631. The Morgan fingerprint density at radius 3 is 2.29 bits per heavy atom. The fourth-order valence-electron chi connectivity index (χ4n) is 3.75. The highest BCUT2D eigenvalue weighted by atomic mass is 79.9. The third-order valence-corrected chi connectivity index (χ3v) is 5.93. The summed E-state index contributed by atoms with van der Waals surface area (Å²) in [5.41, 5.74) is 3.66. The highest BCUT2D eigenvalue weighted by Crippen LogP contribution is 2.36. The van der Waals surface area contributed by atoms with Gasteiger partial charge in [0.25, 0.3) is 5.91 Å². The van der Waals surface area contributed by atoms with Crippen LogP contribution in [-0.2, 0) is 20.9 Å². The number of hydrogen-bond acceptors (Lipinski definition) is 4. The van der Waals surface area contributed by atoms with Gasteiger partial charge in [0.05, 0.1) is 17.8 Å². The van der Waals surface area contributed by atoms with Gasteiger partial charge in [0, 0.05) is 15.9 Å². The molecule has 172 valence electrons. The van der Waals surface area contributed by atoms with E-state index in [0.29, 0.717) is 23.6 Å². The second-order valence-electron chi connectivity index (χ2n) is 7.70.